The third-order valence-electron chi connectivity index (χ3n) is 3.29. The molecule has 1 aliphatic rings. The third kappa shape index (κ3) is 4.42. The fourth-order valence-electron chi connectivity index (χ4n) is 2.46. The molecule has 2 rings (SSSR count). The molecular formula is C15H26N4O. The van der Waals surface area contributed by atoms with Gasteiger partial charge in [-0.05, 0) is 26.3 Å². The zero-order valence-electron chi connectivity index (χ0n) is 13.0. The Morgan fingerprint density at radius 1 is 1.25 bits per heavy atom. The predicted octanol–water partition coefficient (Wildman–Crippen LogP) is 1.84. The van der Waals surface area contributed by atoms with Crippen LogP contribution in [0.5, 0.6) is 0 Å². The van der Waals surface area contributed by atoms with E-state index in [1.54, 1.807) is 0 Å². The normalized spacial score (nSPS) is 23.4. The molecule has 1 fully saturated rings. The summed E-state index contributed by atoms with van der Waals surface area (Å²) >= 11 is 0. The molecule has 0 saturated carbocycles. The summed E-state index contributed by atoms with van der Waals surface area (Å²) in [4.78, 5) is 11.3. The Labute approximate surface area is 121 Å². The van der Waals surface area contributed by atoms with Crippen LogP contribution in [-0.4, -0.2) is 41.8 Å². The molecule has 2 unspecified atom stereocenters. The van der Waals surface area contributed by atoms with Gasteiger partial charge in [0.25, 0.3) is 0 Å². The van der Waals surface area contributed by atoms with Gasteiger partial charge >= 0.3 is 0 Å². The molecule has 2 heterocycles. The maximum atomic E-state index is 5.74. The van der Waals surface area contributed by atoms with Crippen LogP contribution in [0.4, 0.5) is 5.82 Å². The van der Waals surface area contributed by atoms with E-state index in [1.165, 1.54) is 0 Å². The maximum Gasteiger partial charge on any atom is 0.147 e. The van der Waals surface area contributed by atoms with Crippen LogP contribution < -0.4 is 10.2 Å². The average molecular weight is 278 g/mol. The van der Waals surface area contributed by atoms with E-state index in [0.717, 1.165) is 37.7 Å². The van der Waals surface area contributed by atoms with E-state index >= 15 is 0 Å². The van der Waals surface area contributed by atoms with Gasteiger partial charge in [0.2, 0.25) is 0 Å². The zero-order valence-corrected chi connectivity index (χ0v) is 13.0. The zero-order chi connectivity index (χ0) is 14.5. The molecule has 1 aromatic rings. The van der Waals surface area contributed by atoms with Gasteiger partial charge in [-0.1, -0.05) is 13.8 Å². The Morgan fingerprint density at radius 3 is 2.50 bits per heavy atom. The summed E-state index contributed by atoms with van der Waals surface area (Å²) in [6.07, 6.45) is 4.23. The lowest BCUT2D eigenvalue weighted by atomic mass is 10.2. The minimum atomic E-state index is 0.243. The molecule has 0 aromatic carbocycles. The average Bonchev–Trinajstić information content (AvgIpc) is 2.38. The van der Waals surface area contributed by atoms with Crippen molar-refractivity contribution >= 4 is 5.82 Å². The summed E-state index contributed by atoms with van der Waals surface area (Å²) in [7, 11) is 0. The minimum Gasteiger partial charge on any atom is -0.372 e. The van der Waals surface area contributed by atoms with Gasteiger partial charge in [0.05, 0.1) is 30.3 Å². The van der Waals surface area contributed by atoms with Crippen LogP contribution in [0.2, 0.25) is 0 Å². The molecule has 1 saturated heterocycles. The van der Waals surface area contributed by atoms with Crippen LogP contribution in [0, 0.1) is 5.92 Å². The molecule has 1 N–H and O–H groups in total. The highest BCUT2D eigenvalue weighted by Crippen LogP contribution is 2.17. The van der Waals surface area contributed by atoms with Crippen molar-refractivity contribution in [3.8, 4) is 0 Å². The fraction of sp³-hybridized carbons (Fsp3) is 0.733. The molecule has 2 atom stereocenters. The molecule has 0 radical (unpaired) electrons. The first-order valence-corrected chi connectivity index (χ1v) is 7.46. The first-order chi connectivity index (χ1) is 9.54. The van der Waals surface area contributed by atoms with Crippen molar-refractivity contribution in [3.63, 3.8) is 0 Å². The van der Waals surface area contributed by atoms with Crippen LogP contribution >= 0.6 is 0 Å². The fourth-order valence-corrected chi connectivity index (χ4v) is 2.46. The molecule has 0 amide bonds. The monoisotopic (exact) mass is 278 g/mol. The molecule has 112 valence electrons. The number of nitrogens with zero attached hydrogens (tertiary/aromatic N) is 3. The molecule has 0 aliphatic carbocycles. The van der Waals surface area contributed by atoms with Crippen molar-refractivity contribution in [2.45, 2.75) is 46.4 Å². The van der Waals surface area contributed by atoms with Crippen molar-refractivity contribution in [3.05, 3.63) is 18.1 Å². The van der Waals surface area contributed by atoms with Crippen molar-refractivity contribution in [2.24, 2.45) is 5.92 Å². The number of aromatic nitrogens is 2. The SMILES string of the molecule is CC(C)CNCc1cnc(N2CC(C)OC(C)C2)cn1. The largest absolute Gasteiger partial charge is 0.372 e. The number of anilines is 1. The van der Waals surface area contributed by atoms with Crippen LogP contribution in [0.15, 0.2) is 12.4 Å². The topological polar surface area (TPSA) is 50.3 Å². The molecule has 1 aliphatic heterocycles. The Hall–Kier alpha value is -1.20. The summed E-state index contributed by atoms with van der Waals surface area (Å²) in [5, 5.41) is 3.38. The Morgan fingerprint density at radius 2 is 1.95 bits per heavy atom. The van der Waals surface area contributed by atoms with Gasteiger partial charge in [0.15, 0.2) is 0 Å². The van der Waals surface area contributed by atoms with Crippen molar-refractivity contribution in [2.75, 3.05) is 24.5 Å². The maximum absolute atomic E-state index is 5.74. The second-order valence-corrected chi connectivity index (χ2v) is 6.05. The Kier molecular flexibility index (Phi) is 5.31. The summed E-state index contributed by atoms with van der Waals surface area (Å²) in [5.41, 5.74) is 0.990. The third-order valence-corrected chi connectivity index (χ3v) is 3.29. The van der Waals surface area contributed by atoms with E-state index in [1.807, 2.05) is 12.4 Å². The van der Waals surface area contributed by atoms with Crippen LogP contribution in [0.3, 0.4) is 0 Å². The van der Waals surface area contributed by atoms with Gasteiger partial charge in [0, 0.05) is 19.6 Å². The number of morpholine rings is 1. The van der Waals surface area contributed by atoms with Gasteiger partial charge in [-0.15, -0.1) is 0 Å². The van der Waals surface area contributed by atoms with Gasteiger partial charge in [-0.2, -0.15) is 0 Å². The summed E-state index contributed by atoms with van der Waals surface area (Å²) in [6.45, 7) is 12.1. The number of rotatable bonds is 5. The number of nitrogens with one attached hydrogen (secondary N) is 1. The van der Waals surface area contributed by atoms with Crippen LogP contribution in [-0.2, 0) is 11.3 Å². The lowest BCUT2D eigenvalue weighted by molar-refractivity contribution is -0.00547. The highest BCUT2D eigenvalue weighted by molar-refractivity contribution is 5.36. The summed E-state index contributed by atoms with van der Waals surface area (Å²) < 4.78 is 5.74. The predicted molar refractivity (Wildman–Crippen MR) is 80.8 cm³/mol. The smallest absolute Gasteiger partial charge is 0.147 e. The second kappa shape index (κ2) is 6.99. The molecular weight excluding hydrogens is 252 g/mol. The van der Waals surface area contributed by atoms with Gasteiger partial charge < -0.3 is 15.0 Å². The number of hydrogen-bond acceptors (Lipinski definition) is 5. The van der Waals surface area contributed by atoms with E-state index in [0.29, 0.717) is 5.92 Å². The van der Waals surface area contributed by atoms with Crippen LogP contribution in [0.25, 0.3) is 0 Å². The quantitative estimate of drug-likeness (QED) is 0.890. The Bertz CT molecular complexity index is 397. The lowest BCUT2D eigenvalue weighted by Crippen LogP contribution is -2.45. The van der Waals surface area contributed by atoms with Gasteiger partial charge in [-0.25, -0.2) is 4.98 Å². The molecule has 0 spiro atoms. The standard InChI is InChI=1S/C15H26N4O/c1-11(2)5-16-6-14-7-18-15(8-17-14)19-9-12(3)20-13(4)10-19/h7-8,11-13,16H,5-6,9-10H2,1-4H3. The van der Waals surface area contributed by atoms with E-state index in [2.05, 4.69) is 47.9 Å². The van der Waals surface area contributed by atoms with Crippen LogP contribution in [0.1, 0.15) is 33.4 Å². The van der Waals surface area contributed by atoms with E-state index in [9.17, 15) is 0 Å². The van der Waals surface area contributed by atoms with E-state index < -0.39 is 0 Å². The summed E-state index contributed by atoms with van der Waals surface area (Å²) in [6, 6.07) is 0. The van der Waals surface area contributed by atoms with Crippen molar-refractivity contribution < 1.29 is 4.74 Å². The molecule has 5 heteroatoms. The molecule has 0 bridgehead atoms. The molecule has 20 heavy (non-hydrogen) atoms. The number of hydrogen-bond donors (Lipinski definition) is 1. The lowest BCUT2D eigenvalue weighted by Gasteiger charge is -2.35. The van der Waals surface area contributed by atoms with Crippen molar-refractivity contribution in [1.82, 2.24) is 15.3 Å². The first kappa shape index (κ1) is 15.2. The minimum absolute atomic E-state index is 0.243. The Balaban J connectivity index is 1.90. The van der Waals surface area contributed by atoms with Gasteiger partial charge in [-0.3, -0.25) is 4.98 Å². The van der Waals surface area contributed by atoms with E-state index in [-0.39, 0.29) is 12.2 Å². The highest BCUT2D eigenvalue weighted by Gasteiger charge is 2.23. The second-order valence-electron chi connectivity index (χ2n) is 6.05. The first-order valence-electron chi connectivity index (χ1n) is 7.46. The molecule has 1 aromatic heterocycles. The van der Waals surface area contributed by atoms with Gasteiger partial charge in [0.1, 0.15) is 5.82 Å². The highest BCUT2D eigenvalue weighted by atomic mass is 16.5. The molecule has 5 nitrogen and oxygen atoms in total. The van der Waals surface area contributed by atoms with E-state index in [4.69, 9.17) is 4.74 Å². The number of ether oxygens (including phenoxy) is 1. The summed E-state index contributed by atoms with van der Waals surface area (Å²) in [5.74, 6) is 1.60. The van der Waals surface area contributed by atoms with Crippen molar-refractivity contribution in [1.29, 1.82) is 0 Å².